The normalized spacial score (nSPS) is 10.9. The number of hydrogen-bond donors (Lipinski definition) is 1. The summed E-state index contributed by atoms with van der Waals surface area (Å²) < 4.78 is 12.4. The van der Waals surface area contributed by atoms with Crippen molar-refractivity contribution in [2.75, 3.05) is 12.3 Å². The fourth-order valence-corrected chi connectivity index (χ4v) is 2.22. The van der Waals surface area contributed by atoms with E-state index in [0.717, 1.165) is 11.3 Å². The van der Waals surface area contributed by atoms with E-state index in [-0.39, 0.29) is 5.76 Å². The number of nitrogen functional groups attached to an aromatic ring is 1. The minimum atomic E-state index is -0.365. The van der Waals surface area contributed by atoms with Gasteiger partial charge in [0, 0.05) is 12.2 Å². The molecule has 0 saturated heterocycles. The average molecular weight is 284 g/mol. The van der Waals surface area contributed by atoms with Gasteiger partial charge >= 0.3 is 5.76 Å². The van der Waals surface area contributed by atoms with Crippen molar-refractivity contribution in [1.82, 2.24) is 4.57 Å². The largest absolute Gasteiger partial charge is 0.494 e. The van der Waals surface area contributed by atoms with Crippen molar-refractivity contribution in [3.8, 4) is 5.75 Å². The number of nitrogens with two attached hydrogens (primary N) is 1. The van der Waals surface area contributed by atoms with Crippen LogP contribution in [0.15, 0.2) is 57.7 Å². The molecule has 108 valence electrons. The van der Waals surface area contributed by atoms with Crippen LogP contribution in [-0.4, -0.2) is 11.2 Å². The Hall–Kier alpha value is -2.69. The Morgan fingerprint density at radius 3 is 2.76 bits per heavy atom. The van der Waals surface area contributed by atoms with E-state index in [1.54, 1.807) is 22.8 Å². The van der Waals surface area contributed by atoms with Gasteiger partial charge in [0.15, 0.2) is 5.58 Å². The zero-order valence-electron chi connectivity index (χ0n) is 11.5. The highest BCUT2D eigenvalue weighted by Crippen LogP contribution is 2.16. The Morgan fingerprint density at radius 2 is 1.95 bits per heavy atom. The standard InChI is InChI=1S/C16H16N2O3/c17-12-7-8-15-14(11-12)18(16(19)21-15)9-4-10-20-13-5-2-1-3-6-13/h1-3,5-8,11H,4,9-10,17H2. The van der Waals surface area contributed by atoms with Gasteiger partial charge in [-0.25, -0.2) is 4.79 Å². The third kappa shape index (κ3) is 2.91. The third-order valence-electron chi connectivity index (χ3n) is 3.23. The number of aryl methyl sites for hydroxylation is 1. The molecule has 5 heteroatoms. The molecule has 5 nitrogen and oxygen atoms in total. The maximum atomic E-state index is 11.8. The number of rotatable bonds is 5. The van der Waals surface area contributed by atoms with Crippen molar-refractivity contribution < 1.29 is 9.15 Å². The first-order valence-corrected chi connectivity index (χ1v) is 6.81. The average Bonchev–Trinajstić information content (AvgIpc) is 2.80. The molecule has 3 aromatic rings. The van der Waals surface area contributed by atoms with Crippen molar-refractivity contribution in [3.63, 3.8) is 0 Å². The van der Waals surface area contributed by atoms with E-state index >= 15 is 0 Å². The Balaban J connectivity index is 1.67. The minimum absolute atomic E-state index is 0.365. The number of ether oxygens (including phenoxy) is 1. The SMILES string of the molecule is Nc1ccc2oc(=O)n(CCCOc3ccccc3)c2c1. The van der Waals surface area contributed by atoms with Crippen LogP contribution >= 0.6 is 0 Å². The molecule has 0 unspecified atom stereocenters. The molecule has 0 aliphatic carbocycles. The molecule has 0 fully saturated rings. The maximum absolute atomic E-state index is 11.8. The molecule has 1 heterocycles. The molecule has 0 bridgehead atoms. The second-order valence-corrected chi connectivity index (χ2v) is 4.76. The predicted molar refractivity (Wildman–Crippen MR) is 81.4 cm³/mol. The molecule has 0 saturated carbocycles. The molecule has 0 spiro atoms. The molecule has 0 radical (unpaired) electrons. The third-order valence-corrected chi connectivity index (χ3v) is 3.23. The first-order valence-electron chi connectivity index (χ1n) is 6.81. The van der Waals surface area contributed by atoms with Gasteiger partial charge in [0.1, 0.15) is 5.75 Å². The lowest BCUT2D eigenvalue weighted by molar-refractivity contribution is 0.300. The van der Waals surface area contributed by atoms with Crippen LogP contribution in [0.3, 0.4) is 0 Å². The number of oxazole rings is 1. The minimum Gasteiger partial charge on any atom is -0.494 e. The summed E-state index contributed by atoms with van der Waals surface area (Å²) in [6.45, 7) is 1.06. The van der Waals surface area contributed by atoms with Crippen LogP contribution in [0, 0.1) is 0 Å². The Kier molecular flexibility index (Phi) is 3.64. The van der Waals surface area contributed by atoms with Gasteiger partial charge < -0.3 is 14.9 Å². The highest BCUT2D eigenvalue weighted by atomic mass is 16.5. The summed E-state index contributed by atoms with van der Waals surface area (Å²) in [6.07, 6.45) is 0.707. The van der Waals surface area contributed by atoms with Crippen LogP contribution < -0.4 is 16.2 Å². The van der Waals surface area contributed by atoms with Gasteiger partial charge in [0.2, 0.25) is 0 Å². The lowest BCUT2D eigenvalue weighted by Crippen LogP contribution is -2.15. The van der Waals surface area contributed by atoms with E-state index < -0.39 is 0 Å². The zero-order valence-corrected chi connectivity index (χ0v) is 11.5. The summed E-state index contributed by atoms with van der Waals surface area (Å²) in [6, 6.07) is 14.8. The van der Waals surface area contributed by atoms with Crippen LogP contribution in [-0.2, 0) is 6.54 Å². The molecule has 0 amide bonds. The monoisotopic (exact) mass is 284 g/mol. The van der Waals surface area contributed by atoms with Crippen molar-refractivity contribution in [2.24, 2.45) is 0 Å². The summed E-state index contributed by atoms with van der Waals surface area (Å²) in [4.78, 5) is 11.8. The molecule has 2 N–H and O–H groups in total. The van der Waals surface area contributed by atoms with E-state index in [0.29, 0.717) is 30.8 Å². The quantitative estimate of drug-likeness (QED) is 0.577. The van der Waals surface area contributed by atoms with Gasteiger partial charge in [-0.2, -0.15) is 0 Å². The summed E-state index contributed by atoms with van der Waals surface area (Å²) >= 11 is 0. The topological polar surface area (TPSA) is 70.4 Å². The van der Waals surface area contributed by atoms with E-state index in [4.69, 9.17) is 14.9 Å². The van der Waals surface area contributed by atoms with Crippen molar-refractivity contribution in [2.45, 2.75) is 13.0 Å². The number of para-hydroxylation sites is 1. The van der Waals surface area contributed by atoms with Crippen LogP contribution in [0.2, 0.25) is 0 Å². The van der Waals surface area contributed by atoms with Crippen molar-refractivity contribution in [3.05, 3.63) is 59.1 Å². The molecule has 1 aromatic heterocycles. The summed E-state index contributed by atoms with van der Waals surface area (Å²) in [5.74, 6) is 0.460. The van der Waals surface area contributed by atoms with Crippen molar-refractivity contribution >= 4 is 16.8 Å². The van der Waals surface area contributed by atoms with E-state index in [2.05, 4.69) is 0 Å². The van der Waals surface area contributed by atoms with Crippen LogP contribution in [0.5, 0.6) is 5.75 Å². The van der Waals surface area contributed by atoms with E-state index in [9.17, 15) is 4.79 Å². The van der Waals surface area contributed by atoms with E-state index in [1.807, 2.05) is 30.3 Å². The second-order valence-electron chi connectivity index (χ2n) is 4.76. The van der Waals surface area contributed by atoms with Gasteiger partial charge in [-0.15, -0.1) is 0 Å². The fraction of sp³-hybridized carbons (Fsp3) is 0.188. The van der Waals surface area contributed by atoms with E-state index in [1.165, 1.54) is 0 Å². The molecule has 3 rings (SSSR count). The molecule has 0 aliphatic heterocycles. The molecule has 21 heavy (non-hydrogen) atoms. The van der Waals surface area contributed by atoms with Gasteiger partial charge in [0.05, 0.1) is 12.1 Å². The number of benzene rings is 2. The summed E-state index contributed by atoms with van der Waals surface area (Å²) in [5.41, 5.74) is 7.64. The molecule has 0 aliphatic rings. The lowest BCUT2D eigenvalue weighted by Gasteiger charge is -2.06. The highest BCUT2D eigenvalue weighted by Gasteiger charge is 2.09. The van der Waals surface area contributed by atoms with Crippen LogP contribution in [0.25, 0.3) is 11.1 Å². The van der Waals surface area contributed by atoms with Gasteiger partial charge in [-0.05, 0) is 36.8 Å². The first kappa shape index (κ1) is 13.3. The number of aromatic nitrogens is 1. The Labute approximate surface area is 121 Å². The van der Waals surface area contributed by atoms with Gasteiger partial charge in [0.25, 0.3) is 0 Å². The Morgan fingerprint density at radius 1 is 1.14 bits per heavy atom. The smallest absolute Gasteiger partial charge is 0.419 e. The van der Waals surface area contributed by atoms with Crippen LogP contribution in [0.4, 0.5) is 5.69 Å². The van der Waals surface area contributed by atoms with Gasteiger partial charge in [-0.1, -0.05) is 18.2 Å². The fourth-order valence-electron chi connectivity index (χ4n) is 2.22. The van der Waals surface area contributed by atoms with Crippen LogP contribution in [0.1, 0.15) is 6.42 Å². The first-order chi connectivity index (χ1) is 10.2. The zero-order chi connectivity index (χ0) is 14.7. The highest BCUT2D eigenvalue weighted by molar-refractivity contribution is 5.76. The Bertz CT molecular complexity index is 790. The maximum Gasteiger partial charge on any atom is 0.419 e. The summed E-state index contributed by atoms with van der Waals surface area (Å²) in [7, 11) is 0. The number of nitrogens with zero attached hydrogens (tertiary/aromatic N) is 1. The number of hydrogen-bond acceptors (Lipinski definition) is 4. The molecular formula is C16H16N2O3. The summed E-state index contributed by atoms with van der Waals surface area (Å²) in [5, 5.41) is 0. The molecule has 2 aromatic carbocycles. The number of fused-ring (bicyclic) bond motifs is 1. The molecular weight excluding hydrogens is 268 g/mol. The van der Waals surface area contributed by atoms with Gasteiger partial charge in [-0.3, -0.25) is 4.57 Å². The second kappa shape index (κ2) is 5.75. The number of anilines is 1. The molecule has 0 atom stereocenters. The lowest BCUT2D eigenvalue weighted by atomic mass is 10.3. The predicted octanol–water partition coefficient (Wildman–Crippen LogP) is 2.65. The van der Waals surface area contributed by atoms with Crippen molar-refractivity contribution in [1.29, 1.82) is 0 Å².